The zero-order chi connectivity index (χ0) is 14.5. The minimum absolute atomic E-state index is 0.192. The second-order valence-electron chi connectivity index (χ2n) is 5.13. The van der Waals surface area contributed by atoms with Gasteiger partial charge in [-0.15, -0.1) is 0 Å². The molecule has 0 atom stereocenters. The Morgan fingerprint density at radius 3 is 2.47 bits per heavy atom. The maximum atomic E-state index is 11.9. The predicted octanol–water partition coefficient (Wildman–Crippen LogP) is 1.44. The molecule has 0 radical (unpaired) electrons. The average Bonchev–Trinajstić information content (AvgIpc) is 2.50. The average molecular weight is 270 g/mol. The van der Waals surface area contributed by atoms with E-state index in [1.54, 1.807) is 20.8 Å². The number of amides is 3. The molecule has 0 aromatic heterocycles. The van der Waals surface area contributed by atoms with Crippen LogP contribution in [0.4, 0.5) is 4.79 Å². The van der Waals surface area contributed by atoms with Crippen molar-refractivity contribution in [3.8, 4) is 0 Å². The van der Waals surface area contributed by atoms with E-state index in [1.807, 2.05) is 0 Å². The summed E-state index contributed by atoms with van der Waals surface area (Å²) in [6.07, 6.45) is 2.59. The van der Waals surface area contributed by atoms with E-state index in [2.05, 4.69) is 5.32 Å². The van der Waals surface area contributed by atoms with Gasteiger partial charge in [-0.2, -0.15) is 0 Å². The van der Waals surface area contributed by atoms with Gasteiger partial charge in [-0.1, -0.05) is 6.42 Å². The highest BCUT2D eigenvalue weighted by Gasteiger charge is 2.43. The summed E-state index contributed by atoms with van der Waals surface area (Å²) >= 11 is 0. The second kappa shape index (κ2) is 6.54. The van der Waals surface area contributed by atoms with Crippen LogP contribution in [0.1, 0.15) is 46.5 Å². The van der Waals surface area contributed by atoms with Crippen LogP contribution in [0.2, 0.25) is 0 Å². The van der Waals surface area contributed by atoms with Gasteiger partial charge in [-0.3, -0.25) is 14.5 Å². The standard InChI is InChI=1S/C13H22N2O4/c1-4-19-10(16)8-6-5-7-9-15-11(17)13(2,3)14-12(15)18/h4-9H2,1-3H3,(H,14,18). The highest BCUT2D eigenvalue weighted by molar-refractivity contribution is 6.06. The topological polar surface area (TPSA) is 75.7 Å². The summed E-state index contributed by atoms with van der Waals surface area (Å²) in [7, 11) is 0. The molecule has 1 heterocycles. The van der Waals surface area contributed by atoms with Gasteiger partial charge in [0.15, 0.2) is 0 Å². The third-order valence-electron chi connectivity index (χ3n) is 3.01. The lowest BCUT2D eigenvalue weighted by atomic mass is 10.1. The van der Waals surface area contributed by atoms with Crippen LogP contribution < -0.4 is 5.32 Å². The molecule has 0 unspecified atom stereocenters. The van der Waals surface area contributed by atoms with E-state index >= 15 is 0 Å². The van der Waals surface area contributed by atoms with Gasteiger partial charge in [0.05, 0.1) is 6.61 Å². The first kappa shape index (κ1) is 15.5. The summed E-state index contributed by atoms with van der Waals surface area (Å²) in [6.45, 7) is 5.95. The van der Waals surface area contributed by atoms with Gasteiger partial charge in [0.25, 0.3) is 5.91 Å². The fraction of sp³-hybridized carbons (Fsp3) is 0.769. The molecule has 1 rings (SSSR count). The summed E-state index contributed by atoms with van der Waals surface area (Å²) in [5, 5.41) is 2.63. The van der Waals surface area contributed by atoms with Crippen LogP contribution in [-0.4, -0.2) is 41.5 Å². The molecule has 6 nitrogen and oxygen atoms in total. The monoisotopic (exact) mass is 270 g/mol. The lowest BCUT2D eigenvalue weighted by Gasteiger charge is -2.15. The highest BCUT2D eigenvalue weighted by Crippen LogP contribution is 2.17. The van der Waals surface area contributed by atoms with Crippen LogP contribution in [0.25, 0.3) is 0 Å². The molecule has 0 saturated carbocycles. The molecule has 19 heavy (non-hydrogen) atoms. The molecule has 0 aromatic carbocycles. The molecular weight excluding hydrogens is 248 g/mol. The zero-order valence-electron chi connectivity index (χ0n) is 11.8. The molecule has 0 bridgehead atoms. The fourth-order valence-electron chi connectivity index (χ4n) is 1.97. The number of carbonyl (C=O) groups is 3. The Balaban J connectivity index is 2.22. The van der Waals surface area contributed by atoms with E-state index in [9.17, 15) is 14.4 Å². The highest BCUT2D eigenvalue weighted by atomic mass is 16.5. The number of rotatable bonds is 7. The number of hydrogen-bond acceptors (Lipinski definition) is 4. The van der Waals surface area contributed by atoms with E-state index in [1.165, 1.54) is 4.90 Å². The maximum absolute atomic E-state index is 11.9. The molecular formula is C13H22N2O4. The van der Waals surface area contributed by atoms with E-state index < -0.39 is 5.54 Å². The van der Waals surface area contributed by atoms with Crippen molar-refractivity contribution in [3.63, 3.8) is 0 Å². The number of esters is 1. The third-order valence-corrected chi connectivity index (χ3v) is 3.01. The van der Waals surface area contributed by atoms with Gasteiger partial charge in [0.2, 0.25) is 0 Å². The smallest absolute Gasteiger partial charge is 0.325 e. The molecule has 108 valence electrons. The van der Waals surface area contributed by atoms with Crippen molar-refractivity contribution in [2.24, 2.45) is 0 Å². The quantitative estimate of drug-likeness (QED) is 0.431. The van der Waals surface area contributed by atoms with Gasteiger partial charge in [0.1, 0.15) is 5.54 Å². The Labute approximate surface area is 113 Å². The van der Waals surface area contributed by atoms with Crippen molar-refractivity contribution in [2.75, 3.05) is 13.2 Å². The minimum Gasteiger partial charge on any atom is -0.466 e. The molecule has 6 heteroatoms. The normalized spacial score (nSPS) is 17.5. The zero-order valence-corrected chi connectivity index (χ0v) is 11.8. The van der Waals surface area contributed by atoms with E-state index in [-0.39, 0.29) is 17.9 Å². The lowest BCUT2D eigenvalue weighted by Crippen LogP contribution is -2.40. The predicted molar refractivity (Wildman–Crippen MR) is 69.4 cm³/mol. The number of urea groups is 1. The van der Waals surface area contributed by atoms with Gasteiger partial charge in [0, 0.05) is 13.0 Å². The van der Waals surface area contributed by atoms with E-state index in [0.29, 0.717) is 32.4 Å². The summed E-state index contributed by atoms with van der Waals surface area (Å²) in [5.74, 6) is -0.387. The van der Waals surface area contributed by atoms with Gasteiger partial charge >= 0.3 is 12.0 Å². The van der Waals surface area contributed by atoms with Crippen LogP contribution in [0.3, 0.4) is 0 Å². The number of hydrogen-bond donors (Lipinski definition) is 1. The van der Waals surface area contributed by atoms with Crippen LogP contribution in [0, 0.1) is 0 Å². The first-order valence-corrected chi connectivity index (χ1v) is 6.68. The Morgan fingerprint density at radius 2 is 1.95 bits per heavy atom. The molecule has 0 spiro atoms. The van der Waals surface area contributed by atoms with Crippen LogP contribution in [-0.2, 0) is 14.3 Å². The van der Waals surface area contributed by atoms with E-state index in [4.69, 9.17) is 4.74 Å². The number of nitrogens with one attached hydrogen (secondary N) is 1. The Kier molecular flexibility index (Phi) is 5.32. The molecule has 1 aliphatic rings. The fourth-order valence-corrected chi connectivity index (χ4v) is 1.97. The summed E-state index contributed by atoms with van der Waals surface area (Å²) in [4.78, 5) is 35.8. The van der Waals surface area contributed by atoms with Gasteiger partial charge in [-0.25, -0.2) is 4.79 Å². The number of ether oxygens (including phenoxy) is 1. The van der Waals surface area contributed by atoms with Crippen LogP contribution >= 0.6 is 0 Å². The molecule has 1 saturated heterocycles. The molecule has 1 N–H and O–H groups in total. The Morgan fingerprint density at radius 1 is 1.26 bits per heavy atom. The van der Waals surface area contributed by atoms with Gasteiger partial charge in [-0.05, 0) is 33.6 Å². The third kappa shape index (κ3) is 4.22. The van der Waals surface area contributed by atoms with Crippen molar-refractivity contribution in [2.45, 2.75) is 52.0 Å². The molecule has 0 aromatic rings. The molecule has 3 amide bonds. The van der Waals surface area contributed by atoms with Crippen molar-refractivity contribution >= 4 is 17.9 Å². The summed E-state index contributed by atoms with van der Waals surface area (Å²) in [5.41, 5.74) is -0.804. The Bertz CT molecular complexity index is 366. The van der Waals surface area contributed by atoms with Crippen molar-refractivity contribution in [1.82, 2.24) is 10.2 Å². The maximum Gasteiger partial charge on any atom is 0.325 e. The Hall–Kier alpha value is -1.59. The second-order valence-corrected chi connectivity index (χ2v) is 5.13. The molecule has 0 aliphatic carbocycles. The van der Waals surface area contributed by atoms with Crippen molar-refractivity contribution in [1.29, 1.82) is 0 Å². The number of carbonyl (C=O) groups excluding carboxylic acids is 3. The lowest BCUT2D eigenvalue weighted by molar-refractivity contribution is -0.143. The molecule has 1 fully saturated rings. The molecule has 1 aliphatic heterocycles. The minimum atomic E-state index is -0.804. The number of imide groups is 1. The number of nitrogens with zero attached hydrogens (tertiary/aromatic N) is 1. The van der Waals surface area contributed by atoms with E-state index in [0.717, 1.165) is 6.42 Å². The van der Waals surface area contributed by atoms with Crippen LogP contribution in [0.5, 0.6) is 0 Å². The van der Waals surface area contributed by atoms with Crippen molar-refractivity contribution in [3.05, 3.63) is 0 Å². The number of unbranched alkanes of at least 4 members (excludes halogenated alkanes) is 2. The van der Waals surface area contributed by atoms with Gasteiger partial charge < -0.3 is 10.1 Å². The first-order valence-electron chi connectivity index (χ1n) is 6.68. The first-order chi connectivity index (χ1) is 8.88. The summed E-state index contributed by atoms with van der Waals surface area (Å²) in [6, 6.07) is -0.333. The largest absolute Gasteiger partial charge is 0.466 e. The summed E-state index contributed by atoms with van der Waals surface area (Å²) < 4.78 is 4.82. The van der Waals surface area contributed by atoms with Crippen molar-refractivity contribution < 1.29 is 19.1 Å². The van der Waals surface area contributed by atoms with Crippen LogP contribution in [0.15, 0.2) is 0 Å². The SMILES string of the molecule is CCOC(=O)CCCCCN1C(=O)NC(C)(C)C1=O.